The summed E-state index contributed by atoms with van der Waals surface area (Å²) in [5.74, 6) is 1.42. The van der Waals surface area contributed by atoms with Crippen LogP contribution in [0.2, 0.25) is 0 Å². The number of rotatable bonds is 8. The van der Waals surface area contributed by atoms with Gasteiger partial charge in [0.2, 0.25) is 6.29 Å². The third-order valence-electron chi connectivity index (χ3n) is 5.69. The molecule has 28 heavy (non-hydrogen) atoms. The lowest BCUT2D eigenvalue weighted by Gasteiger charge is -2.34. The Hall–Kier alpha value is -2.32. The molecular weight excluding hydrogens is 344 g/mol. The lowest BCUT2D eigenvalue weighted by molar-refractivity contribution is -0.116. The summed E-state index contributed by atoms with van der Waals surface area (Å²) in [5.41, 5.74) is 2.32. The maximum absolute atomic E-state index is 6.36. The molecule has 148 valence electrons. The van der Waals surface area contributed by atoms with E-state index in [-0.39, 0.29) is 11.7 Å². The molecule has 2 atom stereocenters. The molecule has 0 aromatic heterocycles. The van der Waals surface area contributed by atoms with Gasteiger partial charge in [0.15, 0.2) is 0 Å². The molecule has 3 aromatic carbocycles. The zero-order chi connectivity index (χ0) is 20.1. The van der Waals surface area contributed by atoms with Crippen molar-refractivity contribution in [3.8, 4) is 5.75 Å². The lowest BCUT2D eigenvalue weighted by atomic mass is 9.84. The van der Waals surface area contributed by atoms with E-state index in [2.05, 4.69) is 88.4 Å². The minimum absolute atomic E-state index is 0.271. The van der Waals surface area contributed by atoms with Crippen molar-refractivity contribution in [2.24, 2.45) is 0 Å². The summed E-state index contributed by atoms with van der Waals surface area (Å²) in [6.07, 6.45) is 0.786. The summed E-state index contributed by atoms with van der Waals surface area (Å²) in [6, 6.07) is 23.5. The van der Waals surface area contributed by atoms with Crippen LogP contribution in [0.1, 0.15) is 58.1 Å². The van der Waals surface area contributed by atoms with Crippen LogP contribution in [0.4, 0.5) is 0 Å². The van der Waals surface area contributed by atoms with Crippen molar-refractivity contribution in [3.63, 3.8) is 0 Å². The minimum Gasteiger partial charge on any atom is -0.464 e. The van der Waals surface area contributed by atoms with Gasteiger partial charge in [-0.25, -0.2) is 0 Å². The maximum atomic E-state index is 6.36. The second kappa shape index (κ2) is 8.79. The number of hydrogen-bond donors (Lipinski definition) is 0. The third kappa shape index (κ3) is 4.39. The average molecular weight is 377 g/mol. The van der Waals surface area contributed by atoms with Gasteiger partial charge in [0.25, 0.3) is 0 Å². The van der Waals surface area contributed by atoms with E-state index in [0.29, 0.717) is 12.5 Å². The molecule has 0 amide bonds. The molecule has 0 aliphatic heterocycles. The summed E-state index contributed by atoms with van der Waals surface area (Å²) in [4.78, 5) is 0. The number of fused-ring (bicyclic) bond motifs is 1. The van der Waals surface area contributed by atoms with Crippen LogP contribution in [0.25, 0.3) is 10.8 Å². The molecule has 2 nitrogen and oxygen atoms in total. The molecule has 0 heterocycles. The van der Waals surface area contributed by atoms with Crippen LogP contribution < -0.4 is 4.74 Å². The Morgan fingerprint density at radius 2 is 1.54 bits per heavy atom. The van der Waals surface area contributed by atoms with Crippen molar-refractivity contribution >= 4 is 10.8 Å². The fourth-order valence-electron chi connectivity index (χ4n) is 3.53. The predicted octanol–water partition coefficient (Wildman–Crippen LogP) is 7.07. The second-order valence-electron chi connectivity index (χ2n) is 8.07. The Kier molecular flexibility index (Phi) is 6.41. The van der Waals surface area contributed by atoms with Gasteiger partial charge in [-0.05, 0) is 67.1 Å². The quantitative estimate of drug-likeness (QED) is 0.391. The topological polar surface area (TPSA) is 18.5 Å². The highest BCUT2D eigenvalue weighted by atomic mass is 16.7. The van der Waals surface area contributed by atoms with Gasteiger partial charge in [-0.15, -0.1) is 0 Å². The van der Waals surface area contributed by atoms with Gasteiger partial charge < -0.3 is 9.47 Å². The highest BCUT2D eigenvalue weighted by Gasteiger charge is 2.34. The maximum Gasteiger partial charge on any atom is 0.209 e. The number of ether oxygens (including phenoxy) is 2. The normalized spacial score (nSPS) is 14.0. The summed E-state index contributed by atoms with van der Waals surface area (Å²) < 4.78 is 12.4. The van der Waals surface area contributed by atoms with Crippen LogP contribution in [0.15, 0.2) is 66.7 Å². The van der Waals surface area contributed by atoms with Gasteiger partial charge in [-0.2, -0.15) is 0 Å². The van der Waals surface area contributed by atoms with Gasteiger partial charge >= 0.3 is 0 Å². The van der Waals surface area contributed by atoms with Crippen molar-refractivity contribution in [1.29, 1.82) is 0 Å². The molecule has 0 saturated heterocycles. The summed E-state index contributed by atoms with van der Waals surface area (Å²) >= 11 is 0. The smallest absolute Gasteiger partial charge is 0.209 e. The van der Waals surface area contributed by atoms with E-state index in [1.54, 1.807) is 0 Å². The molecule has 0 radical (unpaired) electrons. The second-order valence-corrected chi connectivity index (χ2v) is 8.07. The minimum atomic E-state index is -0.364. The van der Waals surface area contributed by atoms with E-state index in [0.717, 1.165) is 12.2 Å². The van der Waals surface area contributed by atoms with Crippen LogP contribution in [-0.2, 0) is 10.2 Å². The average Bonchev–Trinajstić information content (AvgIpc) is 2.73. The van der Waals surface area contributed by atoms with E-state index < -0.39 is 0 Å². The van der Waals surface area contributed by atoms with E-state index in [1.165, 1.54) is 21.9 Å². The summed E-state index contributed by atoms with van der Waals surface area (Å²) in [7, 11) is 0. The molecule has 2 heteroatoms. The molecule has 0 aliphatic carbocycles. The first-order valence-electron chi connectivity index (χ1n) is 10.3. The zero-order valence-corrected chi connectivity index (χ0v) is 17.7. The molecule has 0 aliphatic rings. The van der Waals surface area contributed by atoms with Crippen LogP contribution in [0.5, 0.6) is 5.75 Å². The van der Waals surface area contributed by atoms with E-state index in [4.69, 9.17) is 9.47 Å². The van der Waals surface area contributed by atoms with Gasteiger partial charge in [-0.1, -0.05) is 68.4 Å². The fourth-order valence-corrected chi connectivity index (χ4v) is 3.53. The molecular formula is C26H32O2. The molecule has 0 spiro atoms. The Morgan fingerprint density at radius 3 is 2.21 bits per heavy atom. The Bertz CT molecular complexity index is 899. The summed E-state index contributed by atoms with van der Waals surface area (Å²) in [6.45, 7) is 11.5. The van der Waals surface area contributed by atoms with Crippen molar-refractivity contribution in [3.05, 3.63) is 77.9 Å². The Balaban J connectivity index is 1.88. The van der Waals surface area contributed by atoms with E-state index in [1.807, 2.05) is 13.0 Å². The van der Waals surface area contributed by atoms with Gasteiger partial charge in [0.05, 0.1) is 5.41 Å². The first-order chi connectivity index (χ1) is 13.5. The molecule has 2 unspecified atom stereocenters. The molecule has 3 aromatic rings. The van der Waals surface area contributed by atoms with Crippen molar-refractivity contribution in [1.82, 2.24) is 0 Å². The predicted molar refractivity (Wildman–Crippen MR) is 118 cm³/mol. The van der Waals surface area contributed by atoms with Crippen molar-refractivity contribution in [2.75, 3.05) is 6.61 Å². The first-order valence-corrected chi connectivity index (χ1v) is 10.3. The standard InChI is InChI=1S/C26H32O2/c1-6-19(3)20-13-14-22-18-24(16-15-21(22)17-20)28-25(27-7-2)26(4,5)23-11-9-8-10-12-23/h8-19,25H,6-7H2,1-5H3. The summed E-state index contributed by atoms with van der Waals surface area (Å²) in [5, 5.41) is 2.44. The van der Waals surface area contributed by atoms with Crippen molar-refractivity contribution < 1.29 is 9.47 Å². The zero-order valence-electron chi connectivity index (χ0n) is 17.7. The van der Waals surface area contributed by atoms with Gasteiger partial charge in [0.1, 0.15) is 5.75 Å². The van der Waals surface area contributed by atoms with Crippen LogP contribution in [-0.4, -0.2) is 12.9 Å². The number of benzene rings is 3. The molecule has 0 fully saturated rings. The van der Waals surface area contributed by atoms with E-state index in [9.17, 15) is 0 Å². The van der Waals surface area contributed by atoms with Crippen LogP contribution >= 0.6 is 0 Å². The lowest BCUT2D eigenvalue weighted by Crippen LogP contribution is -2.40. The van der Waals surface area contributed by atoms with Crippen LogP contribution in [0, 0.1) is 0 Å². The SMILES string of the molecule is CCOC(Oc1ccc2cc(C(C)CC)ccc2c1)C(C)(C)c1ccccc1. The van der Waals surface area contributed by atoms with E-state index >= 15 is 0 Å². The highest BCUT2D eigenvalue weighted by Crippen LogP contribution is 2.32. The highest BCUT2D eigenvalue weighted by molar-refractivity contribution is 5.84. The monoisotopic (exact) mass is 376 g/mol. The molecule has 0 bridgehead atoms. The third-order valence-corrected chi connectivity index (χ3v) is 5.69. The molecule has 0 N–H and O–H groups in total. The fraction of sp³-hybridized carbons (Fsp3) is 0.385. The number of hydrogen-bond acceptors (Lipinski definition) is 2. The molecule has 3 rings (SSSR count). The van der Waals surface area contributed by atoms with Gasteiger partial charge in [-0.3, -0.25) is 0 Å². The molecule has 0 saturated carbocycles. The Labute approximate surface area is 169 Å². The largest absolute Gasteiger partial charge is 0.464 e. The Morgan fingerprint density at radius 1 is 0.857 bits per heavy atom. The van der Waals surface area contributed by atoms with Gasteiger partial charge in [0, 0.05) is 6.61 Å². The van der Waals surface area contributed by atoms with Crippen molar-refractivity contribution in [2.45, 2.75) is 58.7 Å². The van der Waals surface area contributed by atoms with Crippen LogP contribution in [0.3, 0.4) is 0 Å². The first kappa shape index (κ1) is 20.4.